The molecule has 104 valence electrons. The number of aromatic nitrogens is 2. The number of rotatable bonds is 3. The molecule has 2 rings (SSSR count). The number of hydrogen-bond donors (Lipinski definition) is 2. The van der Waals surface area contributed by atoms with E-state index in [0.717, 1.165) is 5.56 Å². The SMILES string of the molecule is Cc1cc(/C(N)=N/O)nc(Oc2ccc(Cl)cc2C)n1. The van der Waals surface area contributed by atoms with Crippen LogP contribution in [0.15, 0.2) is 29.4 Å². The Morgan fingerprint density at radius 1 is 1.30 bits per heavy atom. The average molecular weight is 293 g/mol. The van der Waals surface area contributed by atoms with E-state index in [1.54, 1.807) is 31.2 Å². The van der Waals surface area contributed by atoms with Crippen molar-refractivity contribution in [1.29, 1.82) is 0 Å². The van der Waals surface area contributed by atoms with E-state index in [0.29, 0.717) is 22.2 Å². The fraction of sp³-hybridized carbons (Fsp3) is 0.154. The molecule has 0 unspecified atom stereocenters. The second-order valence-electron chi connectivity index (χ2n) is 4.17. The van der Waals surface area contributed by atoms with E-state index in [1.807, 2.05) is 6.92 Å². The number of amidine groups is 1. The maximum Gasteiger partial charge on any atom is 0.322 e. The van der Waals surface area contributed by atoms with Crippen molar-refractivity contribution in [3.8, 4) is 11.8 Å². The first-order valence-corrected chi connectivity index (χ1v) is 6.15. The van der Waals surface area contributed by atoms with E-state index in [9.17, 15) is 0 Å². The Kier molecular flexibility index (Phi) is 4.05. The number of halogens is 1. The summed E-state index contributed by atoms with van der Waals surface area (Å²) >= 11 is 5.88. The lowest BCUT2D eigenvalue weighted by Crippen LogP contribution is -2.16. The van der Waals surface area contributed by atoms with Crippen LogP contribution in [-0.2, 0) is 0 Å². The van der Waals surface area contributed by atoms with Crippen LogP contribution in [0.4, 0.5) is 0 Å². The summed E-state index contributed by atoms with van der Waals surface area (Å²) in [6.07, 6.45) is 0. The molecule has 1 heterocycles. The summed E-state index contributed by atoms with van der Waals surface area (Å²) in [7, 11) is 0. The van der Waals surface area contributed by atoms with E-state index in [4.69, 9.17) is 27.3 Å². The smallest absolute Gasteiger partial charge is 0.322 e. The maximum atomic E-state index is 8.68. The molecule has 0 bridgehead atoms. The second-order valence-corrected chi connectivity index (χ2v) is 4.61. The Hall–Kier alpha value is -2.34. The van der Waals surface area contributed by atoms with Crippen LogP contribution in [0.5, 0.6) is 11.8 Å². The maximum absolute atomic E-state index is 8.68. The standard InChI is InChI=1S/C13H13ClN4O2/c1-7-5-9(14)3-4-11(7)20-13-16-8(2)6-10(17-13)12(15)18-19/h3-6,19H,1-2H3,(H2,15,18). The van der Waals surface area contributed by atoms with Gasteiger partial charge in [0.25, 0.3) is 0 Å². The topological polar surface area (TPSA) is 93.6 Å². The number of oxime groups is 1. The first-order valence-electron chi connectivity index (χ1n) is 5.77. The van der Waals surface area contributed by atoms with E-state index in [-0.39, 0.29) is 11.8 Å². The molecule has 0 aliphatic rings. The van der Waals surface area contributed by atoms with Gasteiger partial charge in [-0.25, -0.2) is 4.98 Å². The minimum atomic E-state index is -0.104. The molecule has 0 radical (unpaired) electrons. The van der Waals surface area contributed by atoms with E-state index < -0.39 is 0 Å². The van der Waals surface area contributed by atoms with Crippen molar-refractivity contribution in [1.82, 2.24) is 9.97 Å². The van der Waals surface area contributed by atoms with Crippen LogP contribution >= 0.6 is 11.6 Å². The third kappa shape index (κ3) is 3.16. The highest BCUT2D eigenvalue weighted by Gasteiger charge is 2.09. The van der Waals surface area contributed by atoms with Gasteiger partial charge in [-0.2, -0.15) is 4.98 Å². The van der Waals surface area contributed by atoms with Gasteiger partial charge in [-0.3, -0.25) is 0 Å². The highest BCUT2D eigenvalue weighted by Crippen LogP contribution is 2.25. The molecular formula is C13H13ClN4O2. The van der Waals surface area contributed by atoms with E-state index >= 15 is 0 Å². The Morgan fingerprint density at radius 2 is 2.05 bits per heavy atom. The van der Waals surface area contributed by atoms with Crippen molar-refractivity contribution in [2.75, 3.05) is 0 Å². The Balaban J connectivity index is 2.36. The summed E-state index contributed by atoms with van der Waals surface area (Å²) in [6.45, 7) is 3.62. The van der Waals surface area contributed by atoms with Gasteiger partial charge in [0.05, 0.1) is 0 Å². The predicted octanol–water partition coefficient (Wildman–Crippen LogP) is 2.63. The van der Waals surface area contributed by atoms with Gasteiger partial charge in [0.15, 0.2) is 5.84 Å². The molecule has 0 saturated carbocycles. The van der Waals surface area contributed by atoms with Crippen LogP contribution in [0.1, 0.15) is 17.0 Å². The van der Waals surface area contributed by atoms with Crippen LogP contribution < -0.4 is 10.5 Å². The molecule has 0 saturated heterocycles. The van der Waals surface area contributed by atoms with Crippen molar-refractivity contribution in [3.63, 3.8) is 0 Å². The average Bonchev–Trinajstić information content (AvgIpc) is 2.40. The second kappa shape index (κ2) is 5.75. The van der Waals surface area contributed by atoms with Gasteiger partial charge in [-0.05, 0) is 43.7 Å². The third-order valence-electron chi connectivity index (χ3n) is 2.54. The van der Waals surface area contributed by atoms with Crippen molar-refractivity contribution in [2.24, 2.45) is 10.9 Å². The van der Waals surface area contributed by atoms with Gasteiger partial charge < -0.3 is 15.7 Å². The van der Waals surface area contributed by atoms with Gasteiger partial charge >= 0.3 is 6.01 Å². The first kappa shape index (κ1) is 14.1. The molecule has 1 aromatic carbocycles. The largest absolute Gasteiger partial charge is 0.424 e. The molecule has 20 heavy (non-hydrogen) atoms. The fourth-order valence-corrected chi connectivity index (χ4v) is 1.82. The van der Waals surface area contributed by atoms with Crippen molar-refractivity contribution in [2.45, 2.75) is 13.8 Å². The number of hydrogen-bond acceptors (Lipinski definition) is 5. The minimum absolute atomic E-state index is 0.104. The summed E-state index contributed by atoms with van der Waals surface area (Å²) in [5.41, 5.74) is 7.30. The lowest BCUT2D eigenvalue weighted by molar-refractivity contribution is 0.318. The Morgan fingerprint density at radius 3 is 2.70 bits per heavy atom. The molecule has 1 aromatic heterocycles. The zero-order chi connectivity index (χ0) is 14.7. The Labute approximate surface area is 120 Å². The van der Waals surface area contributed by atoms with Gasteiger partial charge in [0.1, 0.15) is 11.4 Å². The van der Waals surface area contributed by atoms with Crippen LogP contribution in [0.3, 0.4) is 0 Å². The van der Waals surface area contributed by atoms with Crippen molar-refractivity contribution < 1.29 is 9.94 Å². The predicted molar refractivity (Wildman–Crippen MR) is 75.5 cm³/mol. The minimum Gasteiger partial charge on any atom is -0.424 e. The van der Waals surface area contributed by atoms with Gasteiger partial charge in [-0.15, -0.1) is 0 Å². The molecule has 3 N–H and O–H groups in total. The monoisotopic (exact) mass is 292 g/mol. The molecule has 6 nitrogen and oxygen atoms in total. The zero-order valence-electron chi connectivity index (χ0n) is 11.0. The van der Waals surface area contributed by atoms with Crippen LogP contribution in [0, 0.1) is 13.8 Å². The molecule has 0 atom stereocenters. The molecule has 0 spiro atoms. The molecule has 0 aliphatic carbocycles. The summed E-state index contributed by atoms with van der Waals surface area (Å²) in [6, 6.07) is 6.93. The number of nitrogens with two attached hydrogens (primary N) is 1. The molecule has 0 fully saturated rings. The number of aryl methyl sites for hydroxylation is 2. The first-order chi connectivity index (χ1) is 9.49. The molecule has 7 heteroatoms. The summed E-state index contributed by atoms with van der Waals surface area (Å²) < 4.78 is 5.61. The molecule has 0 amide bonds. The van der Waals surface area contributed by atoms with Crippen molar-refractivity contribution >= 4 is 17.4 Å². The van der Waals surface area contributed by atoms with E-state index in [1.165, 1.54) is 0 Å². The summed E-state index contributed by atoms with van der Waals surface area (Å²) in [5.74, 6) is 0.485. The van der Waals surface area contributed by atoms with Crippen LogP contribution in [0.2, 0.25) is 5.02 Å². The molecule has 2 aromatic rings. The normalized spacial score (nSPS) is 11.4. The highest BCUT2D eigenvalue weighted by atomic mass is 35.5. The van der Waals surface area contributed by atoms with Crippen LogP contribution in [-0.4, -0.2) is 21.0 Å². The summed E-state index contributed by atoms with van der Waals surface area (Å²) in [4.78, 5) is 8.23. The van der Waals surface area contributed by atoms with Gasteiger partial charge in [0.2, 0.25) is 0 Å². The number of nitrogens with zero attached hydrogens (tertiary/aromatic N) is 3. The van der Waals surface area contributed by atoms with Gasteiger partial charge in [-0.1, -0.05) is 16.8 Å². The highest BCUT2D eigenvalue weighted by molar-refractivity contribution is 6.30. The zero-order valence-corrected chi connectivity index (χ0v) is 11.7. The van der Waals surface area contributed by atoms with Crippen molar-refractivity contribution in [3.05, 3.63) is 46.2 Å². The lowest BCUT2D eigenvalue weighted by atomic mass is 10.2. The van der Waals surface area contributed by atoms with Crippen LogP contribution in [0.25, 0.3) is 0 Å². The van der Waals surface area contributed by atoms with E-state index in [2.05, 4.69) is 15.1 Å². The quantitative estimate of drug-likeness (QED) is 0.392. The van der Waals surface area contributed by atoms with Gasteiger partial charge in [0, 0.05) is 10.7 Å². The molecular weight excluding hydrogens is 280 g/mol. The number of ether oxygens (including phenoxy) is 1. The fourth-order valence-electron chi connectivity index (χ4n) is 1.60. The summed E-state index contributed by atoms with van der Waals surface area (Å²) in [5, 5.41) is 12.2. The molecule has 0 aliphatic heterocycles. The lowest BCUT2D eigenvalue weighted by Gasteiger charge is -2.09. The Bertz CT molecular complexity index is 673. The number of benzene rings is 1. The third-order valence-corrected chi connectivity index (χ3v) is 2.78.